The lowest BCUT2D eigenvalue weighted by Gasteiger charge is -2.37. The number of nitrogens with one attached hydrogen (secondary N) is 1. The summed E-state index contributed by atoms with van der Waals surface area (Å²) in [6.45, 7) is 3.51. The molecule has 2 heterocycles. The first-order valence-corrected chi connectivity index (χ1v) is 7.06. The molecular weight excluding hydrogens is 252 g/mol. The van der Waals surface area contributed by atoms with E-state index in [0.29, 0.717) is 13.2 Å². The van der Waals surface area contributed by atoms with Crippen molar-refractivity contribution >= 4 is 16.7 Å². The van der Waals surface area contributed by atoms with Crippen molar-refractivity contribution in [1.82, 2.24) is 4.98 Å². The minimum Gasteiger partial charge on any atom is -0.394 e. The smallest absolute Gasteiger partial charge is 0.130 e. The van der Waals surface area contributed by atoms with Crippen LogP contribution < -0.4 is 5.32 Å². The molecule has 0 bridgehead atoms. The van der Waals surface area contributed by atoms with Gasteiger partial charge in [0.1, 0.15) is 5.82 Å². The van der Waals surface area contributed by atoms with E-state index in [1.165, 1.54) is 0 Å². The number of aromatic nitrogens is 1. The number of fused-ring (bicyclic) bond motifs is 1. The van der Waals surface area contributed by atoms with Crippen LogP contribution in [-0.2, 0) is 4.74 Å². The number of aliphatic hydroxyl groups is 1. The molecule has 0 atom stereocenters. The van der Waals surface area contributed by atoms with Crippen molar-refractivity contribution in [2.75, 3.05) is 25.1 Å². The molecule has 0 amide bonds. The van der Waals surface area contributed by atoms with Crippen LogP contribution in [0.1, 0.15) is 18.4 Å². The minimum atomic E-state index is -0.307. The zero-order chi connectivity index (χ0) is 14.0. The van der Waals surface area contributed by atoms with Crippen LogP contribution in [-0.4, -0.2) is 35.5 Å². The molecule has 1 aliphatic heterocycles. The van der Waals surface area contributed by atoms with Gasteiger partial charge in [-0.3, -0.25) is 0 Å². The maximum Gasteiger partial charge on any atom is 0.130 e. The lowest BCUT2D eigenvalue weighted by atomic mass is 9.90. The Bertz CT molecular complexity index is 606. The van der Waals surface area contributed by atoms with Gasteiger partial charge in [-0.05, 0) is 37.5 Å². The van der Waals surface area contributed by atoms with E-state index in [-0.39, 0.29) is 12.1 Å². The standard InChI is InChI=1S/C16H20N2O2/c1-12-10-13-4-2-3-5-14(13)17-15(12)18-16(11-19)6-8-20-9-7-16/h2-5,10,19H,6-9,11H2,1H3,(H,17,18). The van der Waals surface area contributed by atoms with Gasteiger partial charge in [-0.2, -0.15) is 0 Å². The number of rotatable bonds is 3. The van der Waals surface area contributed by atoms with Gasteiger partial charge in [0.25, 0.3) is 0 Å². The first kappa shape index (κ1) is 13.3. The summed E-state index contributed by atoms with van der Waals surface area (Å²) in [4.78, 5) is 4.70. The number of nitrogens with zero attached hydrogens (tertiary/aromatic N) is 1. The van der Waals surface area contributed by atoms with Gasteiger partial charge in [0, 0.05) is 18.6 Å². The zero-order valence-corrected chi connectivity index (χ0v) is 11.7. The number of hydrogen-bond acceptors (Lipinski definition) is 4. The van der Waals surface area contributed by atoms with Gasteiger partial charge in [0.15, 0.2) is 0 Å². The summed E-state index contributed by atoms with van der Waals surface area (Å²) in [5.41, 5.74) is 1.77. The molecule has 2 N–H and O–H groups in total. The van der Waals surface area contributed by atoms with Crippen LogP contribution >= 0.6 is 0 Å². The molecule has 0 saturated carbocycles. The monoisotopic (exact) mass is 272 g/mol. The Kier molecular flexibility index (Phi) is 3.59. The number of aryl methyl sites for hydroxylation is 1. The summed E-state index contributed by atoms with van der Waals surface area (Å²) in [6.07, 6.45) is 1.61. The van der Waals surface area contributed by atoms with Gasteiger partial charge in [-0.1, -0.05) is 18.2 Å². The highest BCUT2D eigenvalue weighted by Crippen LogP contribution is 2.28. The van der Waals surface area contributed by atoms with E-state index >= 15 is 0 Å². The third-order valence-corrected chi connectivity index (χ3v) is 4.05. The van der Waals surface area contributed by atoms with Gasteiger partial charge in [-0.25, -0.2) is 4.98 Å². The highest BCUT2D eigenvalue weighted by atomic mass is 16.5. The van der Waals surface area contributed by atoms with Gasteiger partial charge in [0.2, 0.25) is 0 Å². The van der Waals surface area contributed by atoms with Crippen molar-refractivity contribution < 1.29 is 9.84 Å². The average molecular weight is 272 g/mol. The van der Waals surface area contributed by atoms with Crippen LogP contribution in [0.5, 0.6) is 0 Å². The molecule has 0 unspecified atom stereocenters. The fourth-order valence-electron chi connectivity index (χ4n) is 2.68. The van der Waals surface area contributed by atoms with Crippen molar-refractivity contribution in [3.63, 3.8) is 0 Å². The van der Waals surface area contributed by atoms with Crippen LogP contribution in [0.3, 0.4) is 0 Å². The molecule has 1 fully saturated rings. The number of aliphatic hydroxyl groups excluding tert-OH is 1. The fraction of sp³-hybridized carbons (Fsp3) is 0.438. The second-order valence-corrected chi connectivity index (χ2v) is 5.52. The van der Waals surface area contributed by atoms with Crippen molar-refractivity contribution in [3.05, 3.63) is 35.9 Å². The number of ether oxygens (including phenoxy) is 1. The predicted molar refractivity (Wildman–Crippen MR) is 80.0 cm³/mol. The number of pyridine rings is 1. The Balaban J connectivity index is 1.95. The Morgan fingerprint density at radius 2 is 2.05 bits per heavy atom. The van der Waals surface area contributed by atoms with E-state index in [1.807, 2.05) is 25.1 Å². The van der Waals surface area contributed by atoms with E-state index in [9.17, 15) is 5.11 Å². The highest BCUT2D eigenvalue weighted by molar-refractivity contribution is 5.81. The molecule has 1 saturated heterocycles. The second kappa shape index (κ2) is 5.38. The largest absolute Gasteiger partial charge is 0.394 e. The number of anilines is 1. The van der Waals surface area contributed by atoms with Crippen molar-refractivity contribution in [2.45, 2.75) is 25.3 Å². The van der Waals surface area contributed by atoms with Crippen LogP contribution in [0.15, 0.2) is 30.3 Å². The fourth-order valence-corrected chi connectivity index (χ4v) is 2.68. The van der Waals surface area contributed by atoms with Crippen LogP contribution in [0.25, 0.3) is 10.9 Å². The minimum absolute atomic E-state index is 0.101. The average Bonchev–Trinajstić information content (AvgIpc) is 2.49. The molecule has 3 rings (SSSR count). The van der Waals surface area contributed by atoms with Crippen molar-refractivity contribution in [3.8, 4) is 0 Å². The topological polar surface area (TPSA) is 54.4 Å². The van der Waals surface area contributed by atoms with E-state index in [4.69, 9.17) is 9.72 Å². The van der Waals surface area contributed by atoms with E-state index < -0.39 is 0 Å². The number of para-hydroxylation sites is 1. The van der Waals surface area contributed by atoms with Crippen LogP contribution in [0, 0.1) is 6.92 Å². The SMILES string of the molecule is Cc1cc2ccccc2nc1NC1(CO)CCOCC1. The maximum absolute atomic E-state index is 9.76. The molecule has 4 heteroatoms. The molecule has 1 aliphatic rings. The number of hydrogen-bond donors (Lipinski definition) is 2. The maximum atomic E-state index is 9.76. The zero-order valence-electron chi connectivity index (χ0n) is 11.7. The molecule has 1 aromatic carbocycles. The molecular formula is C16H20N2O2. The summed E-state index contributed by atoms with van der Waals surface area (Å²) in [5, 5.41) is 14.4. The Morgan fingerprint density at radius 3 is 2.80 bits per heavy atom. The predicted octanol–water partition coefficient (Wildman–Crippen LogP) is 2.50. The summed E-state index contributed by atoms with van der Waals surface area (Å²) in [6, 6.07) is 10.2. The van der Waals surface area contributed by atoms with E-state index in [2.05, 4.69) is 17.4 Å². The van der Waals surface area contributed by atoms with Crippen LogP contribution in [0.2, 0.25) is 0 Å². The summed E-state index contributed by atoms with van der Waals surface area (Å²) in [7, 11) is 0. The molecule has 1 aromatic heterocycles. The highest BCUT2D eigenvalue weighted by Gasteiger charge is 2.32. The first-order valence-electron chi connectivity index (χ1n) is 7.06. The summed E-state index contributed by atoms with van der Waals surface area (Å²) < 4.78 is 5.39. The Hall–Kier alpha value is -1.65. The normalized spacial score (nSPS) is 18.1. The van der Waals surface area contributed by atoms with Gasteiger partial charge in [0.05, 0.1) is 17.7 Å². The molecule has 0 aliphatic carbocycles. The lowest BCUT2D eigenvalue weighted by Crippen LogP contribution is -2.47. The Morgan fingerprint density at radius 1 is 1.30 bits per heavy atom. The van der Waals surface area contributed by atoms with Gasteiger partial charge < -0.3 is 15.2 Å². The molecule has 0 spiro atoms. The van der Waals surface area contributed by atoms with E-state index in [1.54, 1.807) is 0 Å². The Labute approximate surface area is 118 Å². The third-order valence-electron chi connectivity index (χ3n) is 4.05. The lowest BCUT2D eigenvalue weighted by molar-refractivity contribution is 0.0378. The van der Waals surface area contributed by atoms with Crippen LogP contribution in [0.4, 0.5) is 5.82 Å². The molecule has 0 radical (unpaired) electrons. The number of benzene rings is 1. The van der Waals surface area contributed by atoms with Gasteiger partial charge >= 0.3 is 0 Å². The summed E-state index contributed by atoms with van der Waals surface area (Å²) >= 11 is 0. The van der Waals surface area contributed by atoms with Crippen molar-refractivity contribution in [1.29, 1.82) is 0 Å². The second-order valence-electron chi connectivity index (χ2n) is 5.52. The first-order chi connectivity index (χ1) is 9.72. The van der Waals surface area contributed by atoms with Gasteiger partial charge in [-0.15, -0.1) is 0 Å². The third kappa shape index (κ3) is 2.49. The van der Waals surface area contributed by atoms with Crippen molar-refractivity contribution in [2.24, 2.45) is 0 Å². The molecule has 2 aromatic rings. The molecule has 20 heavy (non-hydrogen) atoms. The molecule has 4 nitrogen and oxygen atoms in total. The quantitative estimate of drug-likeness (QED) is 0.901. The molecule has 106 valence electrons. The summed E-state index contributed by atoms with van der Waals surface area (Å²) in [5.74, 6) is 0.861. The van der Waals surface area contributed by atoms with E-state index in [0.717, 1.165) is 35.1 Å².